The van der Waals surface area contributed by atoms with Crippen molar-refractivity contribution in [1.29, 1.82) is 0 Å². The first-order valence-corrected chi connectivity index (χ1v) is 14.2. The maximum atomic E-state index is 4.49. The van der Waals surface area contributed by atoms with E-state index in [4.69, 9.17) is 0 Å². The minimum Gasteiger partial charge on any atom is -0.365 e. The van der Waals surface area contributed by atoms with Crippen molar-refractivity contribution in [3.8, 4) is 0 Å². The molecule has 1 aromatic rings. The largest absolute Gasteiger partial charge is 0.365 e. The van der Waals surface area contributed by atoms with E-state index in [1.807, 2.05) is 0 Å². The Kier molecular flexibility index (Phi) is 18.4. The lowest BCUT2D eigenvalue weighted by atomic mass is 9.85. The molecule has 1 aliphatic rings. The van der Waals surface area contributed by atoms with Crippen molar-refractivity contribution in [2.24, 2.45) is 5.92 Å². The second-order valence-corrected chi connectivity index (χ2v) is 10.5. The van der Waals surface area contributed by atoms with E-state index in [2.05, 4.69) is 109 Å². The van der Waals surface area contributed by atoms with Gasteiger partial charge in [-0.05, 0) is 96.3 Å². The summed E-state index contributed by atoms with van der Waals surface area (Å²) in [5, 5.41) is 0. The molecule has 1 aliphatic heterocycles. The fourth-order valence-corrected chi connectivity index (χ4v) is 5.06. The highest BCUT2D eigenvalue weighted by atomic mass is 15.2. The van der Waals surface area contributed by atoms with E-state index in [1.165, 1.54) is 87.0 Å². The smallest absolute Gasteiger partial charge is 0.0371 e. The predicted octanol–water partition coefficient (Wildman–Crippen LogP) is 9.52. The minimum atomic E-state index is 0.599. The lowest BCUT2D eigenvalue weighted by Crippen LogP contribution is -2.47. The molecule has 0 aliphatic carbocycles. The van der Waals surface area contributed by atoms with Gasteiger partial charge in [0.1, 0.15) is 0 Å². The third-order valence-electron chi connectivity index (χ3n) is 6.78. The molecule has 0 aromatic heterocycles. The van der Waals surface area contributed by atoms with Crippen LogP contribution in [0.5, 0.6) is 0 Å². The quantitative estimate of drug-likeness (QED) is 0.274. The second kappa shape index (κ2) is 19.4. The zero-order valence-corrected chi connectivity index (χ0v) is 24.5. The first kappa shape index (κ1) is 33.2. The number of aryl methyl sites for hydroxylation is 1. The molecule has 200 valence electrons. The van der Waals surface area contributed by atoms with Gasteiger partial charge < -0.3 is 9.80 Å². The second-order valence-electron chi connectivity index (χ2n) is 10.5. The van der Waals surface area contributed by atoms with Crippen LogP contribution in [0.2, 0.25) is 0 Å². The van der Waals surface area contributed by atoms with Crippen LogP contribution >= 0.6 is 0 Å². The molecule has 0 saturated carbocycles. The molecule has 2 heteroatoms. The topological polar surface area (TPSA) is 6.48 Å². The normalized spacial score (nSPS) is 17.3. The molecule has 0 radical (unpaired) electrons. The first-order chi connectivity index (χ1) is 16.7. The van der Waals surface area contributed by atoms with E-state index in [0.29, 0.717) is 18.0 Å². The Labute approximate surface area is 220 Å². The molecule has 0 amide bonds. The van der Waals surface area contributed by atoms with E-state index in [-0.39, 0.29) is 0 Å². The van der Waals surface area contributed by atoms with Gasteiger partial charge in [-0.3, -0.25) is 0 Å². The van der Waals surface area contributed by atoms with E-state index in [9.17, 15) is 0 Å². The summed E-state index contributed by atoms with van der Waals surface area (Å²) < 4.78 is 0. The van der Waals surface area contributed by atoms with Gasteiger partial charge in [-0.1, -0.05) is 76.6 Å². The van der Waals surface area contributed by atoms with E-state index in [1.54, 1.807) is 0 Å². The lowest BCUT2D eigenvalue weighted by molar-refractivity contribution is 0.113. The van der Waals surface area contributed by atoms with Gasteiger partial charge in [-0.25, -0.2) is 0 Å². The summed E-state index contributed by atoms with van der Waals surface area (Å²) >= 11 is 0. The molecule has 2 atom stereocenters. The number of hydrogen-bond donors (Lipinski definition) is 0. The van der Waals surface area contributed by atoms with Gasteiger partial charge in [0, 0.05) is 17.8 Å². The van der Waals surface area contributed by atoms with Gasteiger partial charge in [0.25, 0.3) is 0 Å². The van der Waals surface area contributed by atoms with Gasteiger partial charge in [0.2, 0.25) is 0 Å². The molecule has 2 nitrogen and oxygen atoms in total. The summed E-state index contributed by atoms with van der Waals surface area (Å²) in [5.74, 6) is 0.657. The molecule has 1 aromatic carbocycles. The third-order valence-corrected chi connectivity index (χ3v) is 6.78. The number of benzene rings is 1. The van der Waals surface area contributed by atoms with Crippen molar-refractivity contribution in [3.63, 3.8) is 0 Å². The Morgan fingerprint density at radius 3 is 1.89 bits per heavy atom. The number of piperidine rings is 1. The van der Waals surface area contributed by atoms with Crippen LogP contribution in [0.4, 0.5) is 0 Å². The third kappa shape index (κ3) is 12.6. The van der Waals surface area contributed by atoms with Crippen LogP contribution in [0.25, 0.3) is 5.70 Å². The van der Waals surface area contributed by atoms with Crippen LogP contribution in [0.15, 0.2) is 56.2 Å². The molecule has 1 heterocycles. The molecule has 0 N–H and O–H groups in total. The van der Waals surface area contributed by atoms with Gasteiger partial charge in [-0.2, -0.15) is 0 Å². The minimum absolute atomic E-state index is 0.599. The molecule has 0 bridgehead atoms. The van der Waals surface area contributed by atoms with Crippen molar-refractivity contribution in [2.75, 3.05) is 19.6 Å². The summed E-state index contributed by atoms with van der Waals surface area (Å²) in [6.45, 7) is 34.1. The monoisotopic (exact) mass is 482 g/mol. The van der Waals surface area contributed by atoms with Gasteiger partial charge in [-0.15, -0.1) is 19.7 Å². The molecule has 2 unspecified atom stereocenters. The standard InChI is InChI=1S/C22H33N.C9H21N.C2H4/c1-16(2)10-15-21-8-7-9-22(17(3)4)23(21)19(6)20-13-11-18(5)12-14-20;1-4-7-10(8-5-2)9-6-3;1-2/h11-14,17,21-22H,1,6-10,15H2,2-5H3;4-9H2,1-3H3;1-2H2. The average Bonchev–Trinajstić information content (AvgIpc) is 2.84. The zero-order valence-electron chi connectivity index (χ0n) is 24.5. The number of likely N-dealkylation sites (tertiary alicyclic amines) is 1. The highest BCUT2D eigenvalue weighted by molar-refractivity contribution is 5.63. The summed E-state index contributed by atoms with van der Waals surface area (Å²) in [7, 11) is 0. The van der Waals surface area contributed by atoms with Crippen molar-refractivity contribution in [2.45, 2.75) is 112 Å². The number of hydrogen-bond acceptors (Lipinski definition) is 2. The highest BCUT2D eigenvalue weighted by Gasteiger charge is 2.33. The number of allylic oxidation sites excluding steroid dienone is 1. The Morgan fingerprint density at radius 2 is 1.46 bits per heavy atom. The van der Waals surface area contributed by atoms with Crippen LogP contribution in [0.1, 0.15) is 104 Å². The first-order valence-electron chi connectivity index (χ1n) is 14.2. The van der Waals surface area contributed by atoms with Crippen molar-refractivity contribution in [3.05, 3.63) is 67.3 Å². The highest BCUT2D eigenvalue weighted by Crippen LogP contribution is 2.36. The average molecular weight is 483 g/mol. The molecular formula is C33H58N2. The SMILES string of the molecule is C=C.C=C(C)CCC1CCCC(C(C)C)N1C(=C)c1ccc(C)cc1.CCCN(CCC)CCC. The maximum Gasteiger partial charge on any atom is 0.0371 e. The Balaban J connectivity index is 0.000000813. The summed E-state index contributed by atoms with van der Waals surface area (Å²) in [4.78, 5) is 5.18. The molecule has 0 spiro atoms. The number of nitrogens with zero attached hydrogens (tertiary/aromatic N) is 2. The molecular weight excluding hydrogens is 424 g/mol. The molecule has 35 heavy (non-hydrogen) atoms. The summed E-state index contributed by atoms with van der Waals surface area (Å²) in [6, 6.07) is 10.0. The zero-order chi connectivity index (χ0) is 26.8. The fraction of sp³-hybridized carbons (Fsp3) is 0.636. The Hall–Kier alpha value is -1.80. The van der Waals surface area contributed by atoms with E-state index >= 15 is 0 Å². The maximum absolute atomic E-state index is 4.49. The van der Waals surface area contributed by atoms with Crippen LogP contribution in [0.3, 0.4) is 0 Å². The van der Waals surface area contributed by atoms with E-state index in [0.717, 1.165) is 6.42 Å². The van der Waals surface area contributed by atoms with Crippen LogP contribution in [-0.4, -0.2) is 41.5 Å². The van der Waals surface area contributed by atoms with Gasteiger partial charge in [0.05, 0.1) is 0 Å². The predicted molar refractivity (Wildman–Crippen MR) is 161 cm³/mol. The Morgan fingerprint density at radius 1 is 0.943 bits per heavy atom. The fourth-order valence-electron chi connectivity index (χ4n) is 5.06. The molecule has 1 fully saturated rings. The van der Waals surface area contributed by atoms with Crippen molar-refractivity contribution in [1.82, 2.24) is 9.80 Å². The summed E-state index contributed by atoms with van der Waals surface area (Å²) in [5.41, 5.74) is 5.07. The van der Waals surface area contributed by atoms with Gasteiger partial charge >= 0.3 is 0 Å². The van der Waals surface area contributed by atoms with Crippen molar-refractivity contribution < 1.29 is 0 Å². The van der Waals surface area contributed by atoms with Crippen LogP contribution in [0, 0.1) is 12.8 Å². The van der Waals surface area contributed by atoms with Crippen LogP contribution in [-0.2, 0) is 0 Å². The molecule has 1 saturated heterocycles. The van der Waals surface area contributed by atoms with Crippen LogP contribution < -0.4 is 0 Å². The van der Waals surface area contributed by atoms with E-state index < -0.39 is 0 Å². The summed E-state index contributed by atoms with van der Waals surface area (Å²) in [6.07, 6.45) is 10.1. The Bertz CT molecular complexity index is 673. The molecule has 2 rings (SSSR count). The lowest BCUT2D eigenvalue weighted by Gasteiger charge is -2.47. The van der Waals surface area contributed by atoms with Crippen molar-refractivity contribution >= 4 is 5.70 Å². The number of rotatable bonds is 12. The van der Waals surface area contributed by atoms with Gasteiger partial charge in [0.15, 0.2) is 0 Å².